The molecule has 0 aromatic rings. The normalized spacial score (nSPS) is 14.2. The van der Waals surface area contributed by atoms with Gasteiger partial charge in [-0.3, -0.25) is 0 Å². The van der Waals surface area contributed by atoms with Crippen molar-refractivity contribution in [3.8, 4) is 0 Å². The van der Waals surface area contributed by atoms with Crippen LogP contribution < -0.4 is 10.6 Å². The Kier molecular flexibility index (Phi) is 6.61. The largest absolute Gasteiger partial charge is 0.390 e. The van der Waals surface area contributed by atoms with Crippen LogP contribution in [-0.2, 0) is 0 Å². The van der Waals surface area contributed by atoms with Crippen molar-refractivity contribution in [3.05, 3.63) is 0 Å². The first-order valence-corrected chi connectivity index (χ1v) is 6.01. The van der Waals surface area contributed by atoms with Gasteiger partial charge in [0.1, 0.15) is 0 Å². The van der Waals surface area contributed by atoms with Gasteiger partial charge in [0.05, 0.1) is 12.8 Å². The highest BCUT2D eigenvalue weighted by Crippen LogP contribution is 2.35. The molecule has 0 unspecified atom stereocenters. The van der Waals surface area contributed by atoms with E-state index in [4.69, 9.17) is 0 Å². The van der Waals surface area contributed by atoms with Crippen LogP contribution in [0.5, 0.6) is 0 Å². The Morgan fingerprint density at radius 1 is 0.895 bits per heavy atom. The predicted octanol–water partition coefficient (Wildman–Crippen LogP) is 3.24. The Bertz CT molecular complexity index is 243. The van der Waals surface area contributed by atoms with Crippen LogP contribution in [0.2, 0.25) is 0 Å². The zero-order valence-corrected chi connectivity index (χ0v) is 11.2. The van der Waals surface area contributed by atoms with Crippen LogP contribution in [-0.4, -0.2) is 37.0 Å². The number of hydrogen-bond acceptors (Lipinski definition) is 2. The molecule has 19 heavy (non-hydrogen) atoms. The summed E-state index contributed by atoms with van der Waals surface area (Å²) in [6.07, 6.45) is -12.4. The molecule has 0 fully saturated rings. The molecule has 8 heteroatoms. The molecule has 116 valence electrons. The van der Waals surface area contributed by atoms with Gasteiger partial charge in [-0.2, -0.15) is 26.3 Å². The molecule has 0 spiro atoms. The Morgan fingerprint density at radius 3 is 1.58 bits per heavy atom. The van der Waals surface area contributed by atoms with Crippen molar-refractivity contribution in [1.29, 1.82) is 0 Å². The molecule has 0 saturated heterocycles. The van der Waals surface area contributed by atoms with Gasteiger partial charge in [0.25, 0.3) is 0 Å². The first-order chi connectivity index (χ1) is 8.39. The van der Waals surface area contributed by atoms with Crippen molar-refractivity contribution in [3.63, 3.8) is 0 Å². The average molecular weight is 294 g/mol. The van der Waals surface area contributed by atoms with E-state index in [1.165, 1.54) is 6.92 Å². The fraction of sp³-hybridized carbons (Fsp3) is 1.00. The minimum Gasteiger partial charge on any atom is -0.313 e. The van der Waals surface area contributed by atoms with Gasteiger partial charge in [0.15, 0.2) is 0 Å². The smallest absolute Gasteiger partial charge is 0.313 e. The molecule has 0 aromatic carbocycles. The van der Waals surface area contributed by atoms with E-state index in [1.54, 1.807) is 13.8 Å². The second-order valence-electron chi connectivity index (χ2n) is 4.93. The highest BCUT2D eigenvalue weighted by molar-refractivity contribution is 4.94. The Hall–Kier alpha value is -0.500. The van der Waals surface area contributed by atoms with Crippen LogP contribution in [0.4, 0.5) is 26.3 Å². The third kappa shape index (κ3) is 9.10. The summed E-state index contributed by atoms with van der Waals surface area (Å²) in [6.45, 7) is 4.45. The zero-order valence-electron chi connectivity index (χ0n) is 11.2. The van der Waals surface area contributed by atoms with E-state index in [0.29, 0.717) is 0 Å². The third-order valence-corrected chi connectivity index (χ3v) is 2.48. The summed E-state index contributed by atoms with van der Waals surface area (Å²) >= 11 is 0. The Morgan fingerprint density at radius 2 is 1.32 bits per heavy atom. The number of rotatable bonds is 7. The minimum atomic E-state index is -4.66. The summed E-state index contributed by atoms with van der Waals surface area (Å²) < 4.78 is 75.2. The second kappa shape index (κ2) is 6.78. The van der Waals surface area contributed by atoms with Crippen molar-refractivity contribution < 1.29 is 26.3 Å². The molecule has 0 aromatic heterocycles. The third-order valence-electron chi connectivity index (χ3n) is 2.48. The van der Waals surface area contributed by atoms with Crippen LogP contribution in [0.15, 0.2) is 0 Å². The Balaban J connectivity index is 5.09. The van der Waals surface area contributed by atoms with Crippen LogP contribution in [0.3, 0.4) is 0 Å². The molecule has 0 saturated carbocycles. The number of alkyl halides is 6. The lowest BCUT2D eigenvalue weighted by Crippen LogP contribution is -2.57. The molecule has 0 rings (SSSR count). The lowest BCUT2D eigenvalue weighted by Gasteiger charge is -2.37. The summed E-state index contributed by atoms with van der Waals surface area (Å²) in [5, 5.41) is 5.02. The van der Waals surface area contributed by atoms with Gasteiger partial charge in [-0.1, -0.05) is 20.8 Å². The molecule has 0 atom stereocenters. The average Bonchev–Trinajstić information content (AvgIpc) is 2.09. The molecule has 0 radical (unpaired) electrons. The summed E-state index contributed by atoms with van der Waals surface area (Å²) in [4.78, 5) is 0. The monoisotopic (exact) mass is 294 g/mol. The summed E-state index contributed by atoms with van der Waals surface area (Å²) in [5.74, 6) is 0. The minimum absolute atomic E-state index is 0.0337. The number of hydrogen-bond donors (Lipinski definition) is 2. The fourth-order valence-electron chi connectivity index (χ4n) is 1.92. The van der Waals surface area contributed by atoms with E-state index in [0.717, 1.165) is 0 Å². The van der Waals surface area contributed by atoms with Crippen molar-refractivity contribution in [2.24, 2.45) is 0 Å². The van der Waals surface area contributed by atoms with Gasteiger partial charge in [-0.15, -0.1) is 0 Å². The molecular formula is C11H20F6N2. The van der Waals surface area contributed by atoms with Gasteiger partial charge >= 0.3 is 12.4 Å². The Labute approximate surface area is 108 Å². The van der Waals surface area contributed by atoms with Crippen LogP contribution in [0.25, 0.3) is 0 Å². The van der Waals surface area contributed by atoms with Crippen LogP contribution in [0, 0.1) is 0 Å². The molecule has 0 aliphatic heterocycles. The van der Waals surface area contributed by atoms with Gasteiger partial charge in [-0.05, 0) is 6.54 Å². The van der Waals surface area contributed by atoms with Crippen molar-refractivity contribution in [1.82, 2.24) is 10.6 Å². The molecule has 0 amide bonds. The highest BCUT2D eigenvalue weighted by atomic mass is 19.4. The maximum Gasteiger partial charge on any atom is 0.390 e. The molecule has 0 bridgehead atoms. The number of nitrogens with one attached hydrogen (secondary N) is 2. The number of halogens is 6. The van der Waals surface area contributed by atoms with E-state index < -0.39 is 37.3 Å². The predicted molar refractivity (Wildman–Crippen MR) is 60.9 cm³/mol. The lowest BCUT2D eigenvalue weighted by atomic mass is 9.89. The first-order valence-electron chi connectivity index (χ1n) is 6.01. The fourth-order valence-corrected chi connectivity index (χ4v) is 1.92. The standard InChI is InChI=1S/C11H20F6N2/c1-4-19-9(5-10(12,13)14,6-11(15,16)17)7-18-8(2)3/h8,18-19H,4-7H2,1-3H3. The molecule has 2 nitrogen and oxygen atoms in total. The molecule has 0 heterocycles. The van der Waals surface area contributed by atoms with Crippen LogP contribution >= 0.6 is 0 Å². The highest BCUT2D eigenvalue weighted by Gasteiger charge is 2.48. The maximum absolute atomic E-state index is 12.5. The second-order valence-corrected chi connectivity index (χ2v) is 4.93. The van der Waals surface area contributed by atoms with Gasteiger partial charge in [-0.25, -0.2) is 0 Å². The van der Waals surface area contributed by atoms with E-state index in [9.17, 15) is 26.3 Å². The van der Waals surface area contributed by atoms with Gasteiger partial charge in [0, 0.05) is 18.1 Å². The van der Waals surface area contributed by atoms with Crippen molar-refractivity contribution in [2.45, 2.75) is 57.5 Å². The topological polar surface area (TPSA) is 24.1 Å². The maximum atomic E-state index is 12.5. The molecule has 0 aliphatic rings. The number of likely N-dealkylation sites (N-methyl/N-ethyl adjacent to an activating group) is 1. The van der Waals surface area contributed by atoms with Gasteiger partial charge < -0.3 is 10.6 Å². The summed E-state index contributed by atoms with van der Waals surface area (Å²) in [7, 11) is 0. The SMILES string of the molecule is CCNC(CNC(C)C)(CC(F)(F)F)CC(F)(F)F. The first kappa shape index (κ1) is 18.5. The lowest BCUT2D eigenvalue weighted by molar-refractivity contribution is -0.181. The molecule has 0 aliphatic carbocycles. The van der Waals surface area contributed by atoms with E-state index in [2.05, 4.69) is 10.6 Å². The summed E-state index contributed by atoms with van der Waals surface area (Å²) in [6, 6.07) is -0.195. The molecular weight excluding hydrogens is 274 g/mol. The van der Waals surface area contributed by atoms with E-state index >= 15 is 0 Å². The quantitative estimate of drug-likeness (QED) is 0.704. The van der Waals surface area contributed by atoms with E-state index in [-0.39, 0.29) is 12.6 Å². The van der Waals surface area contributed by atoms with Crippen molar-refractivity contribution in [2.75, 3.05) is 13.1 Å². The van der Waals surface area contributed by atoms with E-state index in [1.807, 2.05) is 0 Å². The van der Waals surface area contributed by atoms with Gasteiger partial charge in [0.2, 0.25) is 0 Å². The molecule has 2 N–H and O–H groups in total. The van der Waals surface area contributed by atoms with Crippen LogP contribution in [0.1, 0.15) is 33.6 Å². The van der Waals surface area contributed by atoms with Crippen molar-refractivity contribution >= 4 is 0 Å². The zero-order chi connectivity index (χ0) is 15.3. The summed E-state index contributed by atoms with van der Waals surface area (Å²) in [5.41, 5.74) is -2.06.